The van der Waals surface area contributed by atoms with E-state index in [4.69, 9.17) is 9.47 Å². The average molecular weight is 301 g/mol. The van der Waals surface area contributed by atoms with Crippen molar-refractivity contribution in [3.05, 3.63) is 28.2 Å². The zero-order valence-electron chi connectivity index (χ0n) is 10.0. The monoisotopic (exact) mass is 300 g/mol. The summed E-state index contributed by atoms with van der Waals surface area (Å²) in [7, 11) is 0. The van der Waals surface area contributed by atoms with Gasteiger partial charge in [0.25, 0.3) is 0 Å². The summed E-state index contributed by atoms with van der Waals surface area (Å²) >= 11 is 3.42. The van der Waals surface area contributed by atoms with Gasteiger partial charge in [-0.25, -0.2) is 0 Å². The lowest BCUT2D eigenvalue weighted by molar-refractivity contribution is -0.160. The van der Waals surface area contributed by atoms with Gasteiger partial charge in [-0.2, -0.15) is 0 Å². The summed E-state index contributed by atoms with van der Waals surface area (Å²) in [5.74, 6) is 0.856. The predicted molar refractivity (Wildman–Crippen MR) is 69.3 cm³/mol. The Kier molecular flexibility index (Phi) is 4.07. The maximum absolute atomic E-state index is 9.59. The highest BCUT2D eigenvalue weighted by Crippen LogP contribution is 2.31. The first-order chi connectivity index (χ1) is 8.11. The van der Waals surface area contributed by atoms with Crippen LogP contribution >= 0.6 is 15.9 Å². The third-order valence-electron chi connectivity index (χ3n) is 2.99. The van der Waals surface area contributed by atoms with Crippen molar-refractivity contribution in [1.29, 1.82) is 0 Å². The summed E-state index contributed by atoms with van der Waals surface area (Å²) < 4.78 is 12.4. The maximum atomic E-state index is 9.59. The molecule has 2 rings (SSSR count). The molecule has 0 radical (unpaired) electrons. The normalized spacial score (nSPS) is 27.6. The molecule has 1 N–H and O–H groups in total. The molecule has 1 aromatic rings. The summed E-state index contributed by atoms with van der Waals surface area (Å²) in [5, 5.41) is 9.59. The Morgan fingerprint density at radius 2 is 2.24 bits per heavy atom. The third kappa shape index (κ3) is 2.81. The second kappa shape index (κ2) is 5.38. The molecule has 94 valence electrons. The minimum atomic E-state index is -0.393. The lowest BCUT2D eigenvalue weighted by Crippen LogP contribution is -2.55. The molecular formula is C13H17BrO3. The van der Waals surface area contributed by atoms with Crippen molar-refractivity contribution in [2.75, 3.05) is 6.61 Å². The van der Waals surface area contributed by atoms with Crippen LogP contribution in [0.1, 0.15) is 18.9 Å². The Labute approximate surface area is 110 Å². The van der Waals surface area contributed by atoms with Crippen LogP contribution in [0.5, 0.6) is 5.75 Å². The molecule has 1 fully saturated rings. The standard InChI is InChI=1S/C13H17BrO3/c1-3-16-13-10(15)7-12(13)17-11-5-4-9(14)6-8(11)2/h4-6,10,12-13,15H,3,7H2,1-2H3. The van der Waals surface area contributed by atoms with Gasteiger partial charge in [-0.1, -0.05) is 15.9 Å². The molecule has 0 saturated heterocycles. The van der Waals surface area contributed by atoms with Gasteiger partial charge in [0.2, 0.25) is 0 Å². The fourth-order valence-electron chi connectivity index (χ4n) is 1.99. The highest BCUT2D eigenvalue weighted by Gasteiger charge is 2.42. The van der Waals surface area contributed by atoms with Gasteiger partial charge >= 0.3 is 0 Å². The number of hydrogen-bond donors (Lipinski definition) is 1. The fraction of sp³-hybridized carbons (Fsp3) is 0.538. The van der Waals surface area contributed by atoms with Gasteiger partial charge in [0.1, 0.15) is 18.0 Å². The molecule has 3 unspecified atom stereocenters. The highest BCUT2D eigenvalue weighted by atomic mass is 79.9. The van der Waals surface area contributed by atoms with E-state index in [2.05, 4.69) is 15.9 Å². The number of halogens is 1. The average Bonchev–Trinajstić information content (AvgIpc) is 2.28. The van der Waals surface area contributed by atoms with Crippen LogP contribution in [0.4, 0.5) is 0 Å². The molecule has 3 nitrogen and oxygen atoms in total. The topological polar surface area (TPSA) is 38.7 Å². The molecule has 0 aliphatic heterocycles. The van der Waals surface area contributed by atoms with Crippen molar-refractivity contribution in [3.63, 3.8) is 0 Å². The minimum Gasteiger partial charge on any atom is -0.487 e. The quantitative estimate of drug-likeness (QED) is 0.929. The lowest BCUT2D eigenvalue weighted by atomic mass is 9.88. The van der Waals surface area contributed by atoms with E-state index in [-0.39, 0.29) is 12.2 Å². The minimum absolute atomic E-state index is 0.0372. The van der Waals surface area contributed by atoms with Gasteiger partial charge in [-0.15, -0.1) is 0 Å². The summed E-state index contributed by atoms with van der Waals surface area (Å²) in [4.78, 5) is 0. The maximum Gasteiger partial charge on any atom is 0.130 e. The van der Waals surface area contributed by atoms with E-state index in [0.29, 0.717) is 13.0 Å². The van der Waals surface area contributed by atoms with E-state index in [1.807, 2.05) is 32.0 Å². The lowest BCUT2D eigenvalue weighted by Gasteiger charge is -2.40. The van der Waals surface area contributed by atoms with Crippen LogP contribution in [-0.4, -0.2) is 30.0 Å². The molecule has 0 spiro atoms. The van der Waals surface area contributed by atoms with E-state index >= 15 is 0 Å². The van der Waals surface area contributed by atoms with Gasteiger partial charge in [-0.3, -0.25) is 0 Å². The van der Waals surface area contributed by atoms with Crippen LogP contribution in [0.2, 0.25) is 0 Å². The van der Waals surface area contributed by atoms with Crippen LogP contribution in [0, 0.1) is 6.92 Å². The highest BCUT2D eigenvalue weighted by molar-refractivity contribution is 9.10. The fourth-order valence-corrected chi connectivity index (χ4v) is 2.47. The molecule has 1 aliphatic rings. The summed E-state index contributed by atoms with van der Waals surface area (Å²) in [5.41, 5.74) is 1.08. The van der Waals surface area contributed by atoms with E-state index in [1.54, 1.807) is 0 Å². The van der Waals surface area contributed by atoms with Gasteiger partial charge in [-0.05, 0) is 37.6 Å². The van der Waals surface area contributed by atoms with Crippen LogP contribution < -0.4 is 4.74 Å². The predicted octanol–water partition coefficient (Wildman–Crippen LogP) is 2.67. The van der Waals surface area contributed by atoms with Gasteiger partial charge in [0.15, 0.2) is 0 Å². The van der Waals surface area contributed by atoms with Crippen molar-refractivity contribution in [2.45, 2.75) is 38.6 Å². The van der Waals surface area contributed by atoms with Crippen LogP contribution in [0.25, 0.3) is 0 Å². The molecule has 1 aromatic carbocycles. The summed E-state index contributed by atoms with van der Waals surface area (Å²) in [6, 6.07) is 5.90. The zero-order chi connectivity index (χ0) is 12.4. The molecule has 3 atom stereocenters. The molecule has 4 heteroatoms. The molecule has 1 saturated carbocycles. The largest absolute Gasteiger partial charge is 0.487 e. The number of benzene rings is 1. The van der Waals surface area contributed by atoms with Crippen LogP contribution in [0.3, 0.4) is 0 Å². The number of hydrogen-bond acceptors (Lipinski definition) is 3. The van der Waals surface area contributed by atoms with Crippen LogP contribution in [-0.2, 0) is 4.74 Å². The first kappa shape index (κ1) is 12.9. The summed E-state index contributed by atoms with van der Waals surface area (Å²) in [6.45, 7) is 4.53. The smallest absolute Gasteiger partial charge is 0.130 e. The van der Waals surface area contributed by atoms with Crippen molar-refractivity contribution >= 4 is 15.9 Å². The molecule has 0 amide bonds. The Morgan fingerprint density at radius 3 is 2.82 bits per heavy atom. The number of rotatable bonds is 4. The Morgan fingerprint density at radius 1 is 1.47 bits per heavy atom. The second-order valence-electron chi connectivity index (χ2n) is 4.29. The number of aryl methyl sites for hydroxylation is 1. The van der Waals surface area contributed by atoms with Gasteiger partial charge in [0.05, 0.1) is 6.10 Å². The second-order valence-corrected chi connectivity index (χ2v) is 5.20. The molecule has 0 bridgehead atoms. The SMILES string of the molecule is CCOC1C(O)CC1Oc1ccc(Br)cc1C. The molecule has 1 aliphatic carbocycles. The van der Waals surface area contributed by atoms with E-state index in [9.17, 15) is 5.11 Å². The van der Waals surface area contributed by atoms with Gasteiger partial charge in [0, 0.05) is 17.5 Å². The Hall–Kier alpha value is -0.580. The molecule has 0 aromatic heterocycles. The van der Waals surface area contributed by atoms with E-state index in [1.165, 1.54) is 0 Å². The van der Waals surface area contributed by atoms with Gasteiger partial charge < -0.3 is 14.6 Å². The number of aliphatic hydroxyl groups is 1. The van der Waals surface area contributed by atoms with E-state index < -0.39 is 6.10 Å². The Balaban J connectivity index is 2.01. The Bertz CT molecular complexity index is 394. The first-order valence-electron chi connectivity index (χ1n) is 5.84. The van der Waals surface area contributed by atoms with Crippen molar-refractivity contribution < 1.29 is 14.6 Å². The van der Waals surface area contributed by atoms with Crippen molar-refractivity contribution in [3.8, 4) is 5.75 Å². The number of aliphatic hydroxyl groups excluding tert-OH is 1. The summed E-state index contributed by atoms with van der Waals surface area (Å²) in [6.07, 6.45) is 0.0174. The van der Waals surface area contributed by atoms with Crippen LogP contribution in [0.15, 0.2) is 22.7 Å². The van der Waals surface area contributed by atoms with Crippen molar-refractivity contribution in [1.82, 2.24) is 0 Å². The molecular weight excluding hydrogens is 284 g/mol. The molecule has 17 heavy (non-hydrogen) atoms. The van der Waals surface area contributed by atoms with E-state index in [0.717, 1.165) is 15.8 Å². The first-order valence-corrected chi connectivity index (χ1v) is 6.63. The number of ether oxygens (including phenoxy) is 2. The zero-order valence-corrected chi connectivity index (χ0v) is 11.6. The third-order valence-corrected chi connectivity index (χ3v) is 3.49. The molecule has 0 heterocycles. The van der Waals surface area contributed by atoms with Crippen molar-refractivity contribution in [2.24, 2.45) is 0 Å².